The molecule has 2 heterocycles. The number of hydrogen-bond acceptors (Lipinski definition) is 4. The number of aryl methyl sites for hydroxylation is 4. The highest BCUT2D eigenvalue weighted by molar-refractivity contribution is 7.99. The topological polar surface area (TPSA) is 56.7 Å². The van der Waals surface area contributed by atoms with Gasteiger partial charge in [-0.2, -0.15) is 5.10 Å². The molecule has 5 heteroatoms. The van der Waals surface area contributed by atoms with E-state index in [1.807, 2.05) is 25.6 Å². The molecule has 0 unspecified atom stereocenters. The van der Waals surface area contributed by atoms with Gasteiger partial charge >= 0.3 is 0 Å². The molecule has 0 aliphatic heterocycles. The lowest BCUT2D eigenvalue weighted by atomic mass is 10.2. The van der Waals surface area contributed by atoms with Gasteiger partial charge in [0.2, 0.25) is 0 Å². The van der Waals surface area contributed by atoms with Crippen molar-refractivity contribution in [1.82, 2.24) is 14.8 Å². The van der Waals surface area contributed by atoms with Crippen LogP contribution in [0, 0.1) is 20.8 Å². The lowest BCUT2D eigenvalue weighted by Gasteiger charge is -2.06. The van der Waals surface area contributed by atoms with E-state index in [2.05, 4.69) is 29.1 Å². The van der Waals surface area contributed by atoms with Gasteiger partial charge in [0, 0.05) is 24.8 Å². The minimum absolute atomic E-state index is 0.507. The van der Waals surface area contributed by atoms with E-state index in [0.29, 0.717) is 6.54 Å². The summed E-state index contributed by atoms with van der Waals surface area (Å²) in [6.07, 6.45) is 0. The molecule has 2 rings (SSSR count). The quantitative estimate of drug-likeness (QED) is 0.922. The number of nitrogens with two attached hydrogens (primary N) is 1. The Hall–Kier alpha value is -1.33. The first-order valence-electron chi connectivity index (χ1n) is 5.87. The van der Waals surface area contributed by atoms with Crippen molar-refractivity contribution in [2.45, 2.75) is 37.4 Å². The third-order valence-electron chi connectivity index (χ3n) is 2.77. The Morgan fingerprint density at radius 3 is 2.61 bits per heavy atom. The summed E-state index contributed by atoms with van der Waals surface area (Å²) in [5.41, 5.74) is 10.1. The first-order valence-corrected chi connectivity index (χ1v) is 6.68. The lowest BCUT2D eigenvalue weighted by Crippen LogP contribution is -2.00. The van der Waals surface area contributed by atoms with E-state index in [4.69, 9.17) is 5.73 Å². The maximum absolute atomic E-state index is 5.79. The fourth-order valence-electron chi connectivity index (χ4n) is 2.00. The third kappa shape index (κ3) is 2.57. The zero-order valence-corrected chi connectivity index (χ0v) is 12.0. The van der Waals surface area contributed by atoms with Crippen molar-refractivity contribution in [2.24, 2.45) is 12.8 Å². The van der Waals surface area contributed by atoms with E-state index in [1.165, 1.54) is 5.56 Å². The van der Waals surface area contributed by atoms with Crippen LogP contribution in [0.2, 0.25) is 0 Å². The van der Waals surface area contributed by atoms with E-state index in [1.54, 1.807) is 11.8 Å². The van der Waals surface area contributed by atoms with Crippen molar-refractivity contribution in [3.05, 3.63) is 34.6 Å². The number of aromatic nitrogens is 3. The molecular weight excluding hydrogens is 244 g/mol. The summed E-state index contributed by atoms with van der Waals surface area (Å²) in [7, 11) is 1.94. The first kappa shape index (κ1) is 13.1. The highest BCUT2D eigenvalue weighted by Crippen LogP contribution is 2.30. The van der Waals surface area contributed by atoms with E-state index in [0.717, 1.165) is 27.0 Å². The van der Waals surface area contributed by atoms with Crippen molar-refractivity contribution >= 4 is 11.8 Å². The van der Waals surface area contributed by atoms with Crippen LogP contribution < -0.4 is 5.73 Å². The van der Waals surface area contributed by atoms with E-state index in [9.17, 15) is 0 Å². The maximum atomic E-state index is 5.79. The number of nitrogens with zero attached hydrogens (tertiary/aromatic N) is 3. The zero-order chi connectivity index (χ0) is 13.3. The van der Waals surface area contributed by atoms with Crippen LogP contribution in [0.3, 0.4) is 0 Å². The summed E-state index contributed by atoms with van der Waals surface area (Å²) in [4.78, 5) is 4.54. The van der Waals surface area contributed by atoms with Gasteiger partial charge in [0.05, 0.1) is 5.69 Å². The summed E-state index contributed by atoms with van der Waals surface area (Å²) in [6, 6.07) is 4.16. The Labute approximate surface area is 112 Å². The van der Waals surface area contributed by atoms with Gasteiger partial charge in [-0.25, -0.2) is 4.98 Å². The van der Waals surface area contributed by atoms with Crippen molar-refractivity contribution in [3.8, 4) is 0 Å². The molecule has 4 nitrogen and oxygen atoms in total. The van der Waals surface area contributed by atoms with E-state index in [-0.39, 0.29) is 0 Å². The molecule has 18 heavy (non-hydrogen) atoms. The van der Waals surface area contributed by atoms with Gasteiger partial charge in [-0.15, -0.1) is 0 Å². The SMILES string of the molecule is Cc1cc(C)nc(Sc2c(CN)c(C)nn2C)c1. The molecule has 0 bridgehead atoms. The van der Waals surface area contributed by atoms with Crippen molar-refractivity contribution in [3.63, 3.8) is 0 Å². The van der Waals surface area contributed by atoms with Crippen molar-refractivity contribution in [1.29, 1.82) is 0 Å². The van der Waals surface area contributed by atoms with Crippen LogP contribution in [-0.2, 0) is 13.6 Å². The van der Waals surface area contributed by atoms with Gasteiger partial charge in [0.1, 0.15) is 10.1 Å². The molecule has 0 aliphatic rings. The average molecular weight is 262 g/mol. The summed E-state index contributed by atoms with van der Waals surface area (Å²) >= 11 is 1.62. The van der Waals surface area contributed by atoms with Crippen LogP contribution >= 0.6 is 11.8 Å². The fraction of sp³-hybridized carbons (Fsp3) is 0.385. The molecule has 0 fully saturated rings. The predicted octanol–water partition coefficient (Wildman–Crippen LogP) is 2.35. The summed E-state index contributed by atoms with van der Waals surface area (Å²) in [6.45, 7) is 6.58. The van der Waals surface area contributed by atoms with Crippen LogP contribution in [0.25, 0.3) is 0 Å². The monoisotopic (exact) mass is 262 g/mol. The molecule has 0 aromatic carbocycles. The maximum Gasteiger partial charge on any atom is 0.105 e. The molecule has 2 aromatic heterocycles. The number of rotatable bonds is 3. The Morgan fingerprint density at radius 1 is 1.28 bits per heavy atom. The van der Waals surface area contributed by atoms with Crippen LogP contribution in [0.4, 0.5) is 0 Å². The minimum Gasteiger partial charge on any atom is -0.326 e. The molecule has 0 spiro atoms. The highest BCUT2D eigenvalue weighted by atomic mass is 32.2. The molecule has 2 N–H and O–H groups in total. The Bertz CT molecular complexity index is 554. The number of hydrogen-bond donors (Lipinski definition) is 1. The van der Waals surface area contributed by atoms with Crippen LogP contribution in [-0.4, -0.2) is 14.8 Å². The molecule has 2 aromatic rings. The van der Waals surface area contributed by atoms with E-state index < -0.39 is 0 Å². The molecule has 0 amide bonds. The predicted molar refractivity (Wildman–Crippen MR) is 73.7 cm³/mol. The summed E-state index contributed by atoms with van der Waals surface area (Å²) in [5, 5.41) is 6.48. The normalized spacial score (nSPS) is 10.9. The van der Waals surface area contributed by atoms with Gasteiger partial charge in [-0.1, -0.05) is 11.8 Å². The van der Waals surface area contributed by atoms with Crippen LogP contribution in [0.1, 0.15) is 22.5 Å². The highest BCUT2D eigenvalue weighted by Gasteiger charge is 2.14. The average Bonchev–Trinajstić information content (AvgIpc) is 2.52. The molecule has 96 valence electrons. The first-order chi connectivity index (χ1) is 8.51. The standard InChI is InChI=1S/C13H18N4S/c1-8-5-9(2)15-12(6-8)18-13-11(7-14)10(3)16-17(13)4/h5-6H,7,14H2,1-4H3. The zero-order valence-electron chi connectivity index (χ0n) is 11.2. The summed E-state index contributed by atoms with van der Waals surface area (Å²) < 4.78 is 1.88. The van der Waals surface area contributed by atoms with Crippen LogP contribution in [0.15, 0.2) is 22.2 Å². The minimum atomic E-state index is 0.507. The molecular formula is C13H18N4S. The smallest absolute Gasteiger partial charge is 0.105 e. The fourth-order valence-corrected chi connectivity index (χ4v) is 3.16. The Morgan fingerprint density at radius 2 is 2.00 bits per heavy atom. The second-order valence-corrected chi connectivity index (χ2v) is 5.43. The lowest BCUT2D eigenvalue weighted by molar-refractivity contribution is 0.688. The molecule has 0 saturated carbocycles. The van der Waals surface area contributed by atoms with Gasteiger partial charge in [0.25, 0.3) is 0 Å². The van der Waals surface area contributed by atoms with Gasteiger partial charge < -0.3 is 5.73 Å². The summed E-state index contributed by atoms with van der Waals surface area (Å²) in [5.74, 6) is 0. The van der Waals surface area contributed by atoms with Gasteiger partial charge in [-0.05, 0) is 38.5 Å². The molecule has 0 saturated heterocycles. The third-order valence-corrected chi connectivity index (χ3v) is 3.89. The second-order valence-electron chi connectivity index (χ2n) is 4.42. The van der Waals surface area contributed by atoms with E-state index >= 15 is 0 Å². The van der Waals surface area contributed by atoms with Gasteiger partial charge in [-0.3, -0.25) is 4.68 Å². The van der Waals surface area contributed by atoms with Crippen molar-refractivity contribution < 1.29 is 0 Å². The Balaban J connectivity index is 2.39. The van der Waals surface area contributed by atoms with Crippen molar-refractivity contribution in [2.75, 3.05) is 0 Å². The molecule has 0 radical (unpaired) electrons. The molecule has 0 atom stereocenters. The number of pyridine rings is 1. The van der Waals surface area contributed by atoms with Gasteiger partial charge in [0.15, 0.2) is 0 Å². The van der Waals surface area contributed by atoms with Crippen LogP contribution in [0.5, 0.6) is 0 Å². The Kier molecular flexibility index (Phi) is 3.73. The molecule has 0 aliphatic carbocycles. The largest absolute Gasteiger partial charge is 0.326 e. The second kappa shape index (κ2) is 5.12.